The standard InChI is InChI=1S/C21H25N3O3/c25-15-27-19(21-18-9-5-4-6-16(18)10-12-23-21)14-24-20(26)11-13-22-17-7-2-1-3-8-17/h1-9,15,19,21-23H,10-14H2,(H,24,26). The molecular weight excluding hydrogens is 342 g/mol. The first-order valence-corrected chi connectivity index (χ1v) is 9.24. The second-order valence-electron chi connectivity index (χ2n) is 6.50. The summed E-state index contributed by atoms with van der Waals surface area (Å²) >= 11 is 0. The fourth-order valence-electron chi connectivity index (χ4n) is 3.36. The summed E-state index contributed by atoms with van der Waals surface area (Å²) in [6, 6.07) is 17.7. The summed E-state index contributed by atoms with van der Waals surface area (Å²) in [6.45, 7) is 2.08. The Morgan fingerprint density at radius 2 is 1.96 bits per heavy atom. The maximum Gasteiger partial charge on any atom is 0.293 e. The van der Waals surface area contributed by atoms with Gasteiger partial charge in [-0.2, -0.15) is 0 Å². The van der Waals surface area contributed by atoms with Crippen LogP contribution in [-0.2, 0) is 20.7 Å². The molecule has 2 unspecified atom stereocenters. The Labute approximate surface area is 159 Å². The van der Waals surface area contributed by atoms with Crippen molar-refractivity contribution in [3.63, 3.8) is 0 Å². The Kier molecular flexibility index (Phi) is 6.82. The molecule has 1 aliphatic rings. The van der Waals surface area contributed by atoms with E-state index in [0.717, 1.165) is 24.2 Å². The van der Waals surface area contributed by atoms with E-state index in [1.807, 2.05) is 48.5 Å². The highest BCUT2D eigenvalue weighted by molar-refractivity contribution is 5.76. The first-order valence-electron chi connectivity index (χ1n) is 9.24. The third kappa shape index (κ3) is 5.31. The molecule has 3 N–H and O–H groups in total. The molecule has 0 saturated carbocycles. The van der Waals surface area contributed by atoms with E-state index in [1.54, 1.807) is 0 Å². The summed E-state index contributed by atoms with van der Waals surface area (Å²) in [4.78, 5) is 23.1. The molecule has 2 aromatic rings. The lowest BCUT2D eigenvalue weighted by Crippen LogP contribution is -2.45. The van der Waals surface area contributed by atoms with Crippen molar-refractivity contribution in [1.29, 1.82) is 0 Å². The van der Waals surface area contributed by atoms with Gasteiger partial charge in [-0.05, 0) is 36.2 Å². The number of carbonyl (C=O) groups is 2. The van der Waals surface area contributed by atoms with Crippen molar-refractivity contribution in [2.24, 2.45) is 0 Å². The summed E-state index contributed by atoms with van der Waals surface area (Å²) in [7, 11) is 0. The first kappa shape index (κ1) is 18.9. The van der Waals surface area contributed by atoms with E-state index in [1.165, 1.54) is 5.56 Å². The van der Waals surface area contributed by atoms with Gasteiger partial charge in [0.2, 0.25) is 5.91 Å². The van der Waals surface area contributed by atoms with Gasteiger partial charge in [-0.15, -0.1) is 0 Å². The van der Waals surface area contributed by atoms with Crippen molar-refractivity contribution < 1.29 is 14.3 Å². The molecule has 2 atom stereocenters. The number of hydrogen-bond donors (Lipinski definition) is 3. The Morgan fingerprint density at radius 3 is 2.78 bits per heavy atom. The molecule has 0 spiro atoms. The number of nitrogens with one attached hydrogen (secondary N) is 3. The van der Waals surface area contributed by atoms with Crippen LogP contribution in [0.5, 0.6) is 0 Å². The van der Waals surface area contributed by atoms with Gasteiger partial charge in [0.1, 0.15) is 6.10 Å². The van der Waals surface area contributed by atoms with Crippen molar-refractivity contribution in [1.82, 2.24) is 10.6 Å². The fraction of sp³-hybridized carbons (Fsp3) is 0.333. The average molecular weight is 367 g/mol. The third-order valence-electron chi connectivity index (χ3n) is 4.71. The molecule has 1 aliphatic heterocycles. The normalized spacial score (nSPS) is 16.7. The highest BCUT2D eigenvalue weighted by Gasteiger charge is 2.29. The van der Waals surface area contributed by atoms with Crippen LogP contribution in [0.3, 0.4) is 0 Å². The Bertz CT molecular complexity index is 751. The lowest BCUT2D eigenvalue weighted by molar-refractivity contribution is -0.136. The van der Waals surface area contributed by atoms with E-state index >= 15 is 0 Å². The molecule has 0 aromatic heterocycles. The highest BCUT2D eigenvalue weighted by atomic mass is 16.5. The topological polar surface area (TPSA) is 79.5 Å². The van der Waals surface area contributed by atoms with E-state index in [4.69, 9.17) is 4.74 Å². The van der Waals surface area contributed by atoms with E-state index in [-0.39, 0.29) is 18.5 Å². The van der Waals surface area contributed by atoms with Crippen molar-refractivity contribution in [2.75, 3.05) is 25.0 Å². The highest BCUT2D eigenvalue weighted by Crippen LogP contribution is 2.26. The molecular formula is C21H25N3O3. The average Bonchev–Trinajstić information content (AvgIpc) is 2.71. The van der Waals surface area contributed by atoms with Crippen molar-refractivity contribution in [3.8, 4) is 0 Å². The van der Waals surface area contributed by atoms with Crippen LogP contribution in [0.1, 0.15) is 23.6 Å². The van der Waals surface area contributed by atoms with E-state index in [0.29, 0.717) is 19.4 Å². The number of carbonyl (C=O) groups excluding carboxylic acids is 2. The number of para-hydroxylation sites is 1. The minimum Gasteiger partial charge on any atom is -0.461 e. The molecule has 1 heterocycles. The van der Waals surface area contributed by atoms with Crippen molar-refractivity contribution in [3.05, 3.63) is 65.7 Å². The molecule has 6 nitrogen and oxygen atoms in total. The number of ether oxygens (including phenoxy) is 1. The Hall–Kier alpha value is -2.86. The molecule has 0 radical (unpaired) electrons. The van der Waals surface area contributed by atoms with Crippen molar-refractivity contribution in [2.45, 2.75) is 25.0 Å². The zero-order valence-electron chi connectivity index (χ0n) is 15.2. The first-order chi connectivity index (χ1) is 13.3. The van der Waals surface area contributed by atoms with Crippen LogP contribution in [0, 0.1) is 0 Å². The number of rotatable bonds is 9. The smallest absolute Gasteiger partial charge is 0.293 e. The lowest BCUT2D eigenvalue weighted by atomic mass is 9.91. The molecule has 142 valence electrons. The largest absolute Gasteiger partial charge is 0.461 e. The lowest BCUT2D eigenvalue weighted by Gasteiger charge is -2.32. The summed E-state index contributed by atoms with van der Waals surface area (Å²) in [5.41, 5.74) is 3.35. The summed E-state index contributed by atoms with van der Waals surface area (Å²) in [6.07, 6.45) is 0.838. The molecule has 0 aliphatic carbocycles. The Morgan fingerprint density at radius 1 is 1.19 bits per heavy atom. The number of hydrogen-bond acceptors (Lipinski definition) is 5. The van der Waals surface area contributed by atoms with Crippen molar-refractivity contribution >= 4 is 18.1 Å². The van der Waals surface area contributed by atoms with E-state index < -0.39 is 6.10 Å². The quantitative estimate of drug-likeness (QED) is 0.591. The fourth-order valence-corrected chi connectivity index (χ4v) is 3.36. The molecule has 27 heavy (non-hydrogen) atoms. The SMILES string of the molecule is O=COC(CNC(=O)CCNc1ccccc1)C1NCCc2ccccc21. The number of fused-ring (bicyclic) bond motifs is 1. The monoisotopic (exact) mass is 367 g/mol. The van der Waals surface area contributed by atoms with Gasteiger partial charge in [-0.1, -0.05) is 42.5 Å². The second-order valence-corrected chi connectivity index (χ2v) is 6.50. The maximum atomic E-state index is 12.2. The summed E-state index contributed by atoms with van der Waals surface area (Å²) in [5, 5.41) is 9.48. The maximum absolute atomic E-state index is 12.2. The van der Waals surface area contributed by atoms with Crippen LogP contribution in [0.25, 0.3) is 0 Å². The number of amides is 1. The predicted octanol–water partition coefficient (Wildman–Crippen LogP) is 2.03. The van der Waals surface area contributed by atoms with Crippen LogP contribution in [-0.4, -0.2) is 38.1 Å². The second kappa shape index (κ2) is 9.73. The van der Waals surface area contributed by atoms with Gasteiger partial charge < -0.3 is 20.7 Å². The minimum atomic E-state index is -0.449. The Balaban J connectivity index is 1.51. The van der Waals surface area contributed by atoms with Gasteiger partial charge in [0, 0.05) is 18.7 Å². The van der Waals surface area contributed by atoms with Gasteiger partial charge in [0.25, 0.3) is 6.47 Å². The van der Waals surface area contributed by atoms with Crippen LogP contribution in [0.4, 0.5) is 5.69 Å². The van der Waals surface area contributed by atoms with Crippen LogP contribution in [0.15, 0.2) is 54.6 Å². The molecule has 1 amide bonds. The minimum absolute atomic E-state index is 0.0815. The molecule has 0 saturated heterocycles. The molecule has 0 bridgehead atoms. The third-order valence-corrected chi connectivity index (χ3v) is 4.71. The van der Waals surface area contributed by atoms with Crippen LogP contribution < -0.4 is 16.0 Å². The van der Waals surface area contributed by atoms with Gasteiger partial charge in [0.15, 0.2) is 0 Å². The van der Waals surface area contributed by atoms with Crippen LogP contribution in [0.2, 0.25) is 0 Å². The molecule has 6 heteroatoms. The van der Waals surface area contributed by atoms with E-state index in [9.17, 15) is 9.59 Å². The molecule has 3 rings (SSSR count). The van der Waals surface area contributed by atoms with E-state index in [2.05, 4.69) is 22.0 Å². The number of benzene rings is 2. The zero-order valence-corrected chi connectivity index (χ0v) is 15.2. The predicted molar refractivity (Wildman–Crippen MR) is 104 cm³/mol. The summed E-state index contributed by atoms with van der Waals surface area (Å²) < 4.78 is 5.29. The van der Waals surface area contributed by atoms with Crippen LogP contribution >= 0.6 is 0 Å². The van der Waals surface area contributed by atoms with Gasteiger partial charge >= 0.3 is 0 Å². The van der Waals surface area contributed by atoms with Gasteiger partial charge in [-0.3, -0.25) is 9.59 Å². The number of anilines is 1. The zero-order chi connectivity index (χ0) is 18.9. The van der Waals surface area contributed by atoms with Gasteiger partial charge in [0.05, 0.1) is 12.6 Å². The molecule has 2 aromatic carbocycles. The summed E-state index contributed by atoms with van der Waals surface area (Å²) in [5.74, 6) is -0.0815. The van der Waals surface area contributed by atoms with Gasteiger partial charge in [-0.25, -0.2) is 0 Å². The molecule has 0 fully saturated rings.